The van der Waals surface area contributed by atoms with Crippen LogP contribution < -0.4 is 4.57 Å². The molecule has 0 saturated carbocycles. The first kappa shape index (κ1) is 10.0. The molecular formula is C14H13N2O+. The molecule has 0 atom stereocenters. The van der Waals surface area contributed by atoms with E-state index in [1.165, 1.54) is 0 Å². The van der Waals surface area contributed by atoms with E-state index in [4.69, 9.17) is 4.52 Å². The molecule has 0 unspecified atom stereocenters. The van der Waals surface area contributed by atoms with Crippen LogP contribution in [0.15, 0.2) is 53.3 Å². The zero-order valence-corrected chi connectivity index (χ0v) is 9.63. The molecule has 1 aromatic carbocycles. The molecule has 84 valence electrons. The highest BCUT2D eigenvalue weighted by molar-refractivity contribution is 5.91. The Bertz CT molecular complexity index is 641. The van der Waals surface area contributed by atoms with E-state index >= 15 is 0 Å². The maximum Gasteiger partial charge on any atom is 0.169 e. The Morgan fingerprint density at radius 3 is 2.65 bits per heavy atom. The molecule has 0 amide bonds. The minimum absolute atomic E-state index is 0.828. The summed E-state index contributed by atoms with van der Waals surface area (Å²) >= 11 is 0. The van der Waals surface area contributed by atoms with Gasteiger partial charge in [-0.15, -0.1) is 0 Å². The number of pyridine rings is 1. The van der Waals surface area contributed by atoms with Crippen LogP contribution in [0.1, 0.15) is 6.92 Å². The van der Waals surface area contributed by atoms with Crippen LogP contribution in [0, 0.1) is 0 Å². The zero-order chi connectivity index (χ0) is 11.7. The third kappa shape index (κ3) is 1.69. The fourth-order valence-corrected chi connectivity index (χ4v) is 1.92. The van der Waals surface area contributed by atoms with Gasteiger partial charge in [-0.3, -0.25) is 0 Å². The predicted octanol–water partition coefficient (Wildman–Crippen LogP) is 2.80. The number of nitrogens with zero attached hydrogens (tertiary/aromatic N) is 2. The number of hydrogen-bond donors (Lipinski definition) is 0. The number of rotatable bonds is 2. The van der Waals surface area contributed by atoms with Crippen molar-refractivity contribution in [2.45, 2.75) is 13.5 Å². The van der Waals surface area contributed by atoms with E-state index in [-0.39, 0.29) is 0 Å². The molecule has 3 nitrogen and oxygen atoms in total. The largest absolute Gasteiger partial charge is 0.356 e. The highest BCUT2D eigenvalue weighted by Gasteiger charge is 2.10. The summed E-state index contributed by atoms with van der Waals surface area (Å²) in [5.41, 5.74) is 2.82. The summed E-state index contributed by atoms with van der Waals surface area (Å²) in [5, 5.41) is 5.19. The van der Waals surface area contributed by atoms with Gasteiger partial charge < -0.3 is 4.52 Å². The van der Waals surface area contributed by atoms with E-state index in [1.807, 2.05) is 24.3 Å². The van der Waals surface area contributed by atoms with Crippen LogP contribution in [-0.2, 0) is 6.54 Å². The van der Waals surface area contributed by atoms with Crippen LogP contribution in [0.25, 0.3) is 22.2 Å². The van der Waals surface area contributed by atoms with Crippen LogP contribution in [0.4, 0.5) is 0 Å². The van der Waals surface area contributed by atoms with Crippen LogP contribution in [0.3, 0.4) is 0 Å². The van der Waals surface area contributed by atoms with Crippen molar-refractivity contribution in [2.75, 3.05) is 0 Å². The fourth-order valence-electron chi connectivity index (χ4n) is 1.92. The molecular weight excluding hydrogens is 212 g/mol. The third-order valence-electron chi connectivity index (χ3n) is 2.91. The predicted molar refractivity (Wildman–Crippen MR) is 65.3 cm³/mol. The molecule has 0 radical (unpaired) electrons. The molecule has 0 N–H and O–H groups in total. The van der Waals surface area contributed by atoms with Gasteiger partial charge in [0, 0.05) is 23.1 Å². The quantitative estimate of drug-likeness (QED) is 0.628. The summed E-state index contributed by atoms with van der Waals surface area (Å²) in [6.45, 7) is 3.09. The summed E-state index contributed by atoms with van der Waals surface area (Å²) in [4.78, 5) is 0. The fraction of sp³-hybridized carbons (Fsp3) is 0.143. The Morgan fingerprint density at radius 2 is 1.88 bits per heavy atom. The van der Waals surface area contributed by atoms with Crippen LogP contribution >= 0.6 is 0 Å². The summed E-state index contributed by atoms with van der Waals surface area (Å²) in [6.07, 6.45) is 4.11. The summed E-state index contributed by atoms with van der Waals surface area (Å²) < 4.78 is 7.42. The van der Waals surface area contributed by atoms with Crippen molar-refractivity contribution < 1.29 is 9.09 Å². The van der Waals surface area contributed by atoms with Crippen molar-refractivity contribution in [2.24, 2.45) is 0 Å². The van der Waals surface area contributed by atoms with E-state index in [0.717, 1.165) is 28.8 Å². The maximum absolute atomic E-state index is 5.30. The standard InChI is InChI=1S/C14H13N2O/c1-2-16-9-7-11(8-10-16)14-12-5-3-4-6-13(12)17-15-14/h3-10H,2H2,1H3/q+1. The topological polar surface area (TPSA) is 29.9 Å². The minimum Gasteiger partial charge on any atom is -0.356 e. The van der Waals surface area contributed by atoms with Gasteiger partial charge in [-0.2, -0.15) is 0 Å². The van der Waals surface area contributed by atoms with E-state index in [1.54, 1.807) is 0 Å². The van der Waals surface area contributed by atoms with Crippen LogP contribution in [-0.4, -0.2) is 5.16 Å². The third-order valence-corrected chi connectivity index (χ3v) is 2.91. The molecule has 0 aliphatic heterocycles. The first-order valence-electron chi connectivity index (χ1n) is 5.72. The number of para-hydroxylation sites is 1. The number of aryl methyl sites for hydroxylation is 1. The second-order valence-corrected chi connectivity index (χ2v) is 3.94. The lowest BCUT2D eigenvalue weighted by molar-refractivity contribution is -0.693. The summed E-state index contributed by atoms with van der Waals surface area (Å²) in [6, 6.07) is 12.0. The first-order valence-corrected chi connectivity index (χ1v) is 5.72. The highest BCUT2D eigenvalue weighted by Crippen LogP contribution is 2.26. The molecule has 0 aliphatic carbocycles. The van der Waals surface area contributed by atoms with Crippen molar-refractivity contribution in [3.05, 3.63) is 48.8 Å². The van der Waals surface area contributed by atoms with E-state index in [2.05, 4.69) is 41.2 Å². The van der Waals surface area contributed by atoms with Gasteiger partial charge in [0.25, 0.3) is 0 Å². The SMILES string of the molecule is CC[n+]1ccc(-c2noc3ccccc23)cc1. The van der Waals surface area contributed by atoms with Crippen LogP contribution in [0.5, 0.6) is 0 Å². The average molecular weight is 225 g/mol. The molecule has 3 rings (SSSR count). The van der Waals surface area contributed by atoms with Gasteiger partial charge in [0.15, 0.2) is 18.0 Å². The molecule has 17 heavy (non-hydrogen) atoms. The Hall–Kier alpha value is -2.16. The minimum atomic E-state index is 0.828. The average Bonchev–Trinajstić information content (AvgIpc) is 2.83. The Morgan fingerprint density at radius 1 is 1.12 bits per heavy atom. The maximum atomic E-state index is 5.30. The number of hydrogen-bond acceptors (Lipinski definition) is 2. The molecule has 3 heteroatoms. The van der Waals surface area contributed by atoms with Gasteiger partial charge in [0.1, 0.15) is 12.2 Å². The second-order valence-electron chi connectivity index (χ2n) is 3.94. The lowest BCUT2D eigenvalue weighted by Gasteiger charge is -1.95. The van der Waals surface area contributed by atoms with Gasteiger partial charge in [-0.05, 0) is 19.1 Å². The number of benzene rings is 1. The monoisotopic (exact) mass is 225 g/mol. The van der Waals surface area contributed by atoms with E-state index in [0.29, 0.717) is 0 Å². The van der Waals surface area contributed by atoms with Crippen molar-refractivity contribution in [1.82, 2.24) is 5.16 Å². The van der Waals surface area contributed by atoms with Crippen LogP contribution in [0.2, 0.25) is 0 Å². The van der Waals surface area contributed by atoms with Gasteiger partial charge in [-0.25, -0.2) is 4.57 Å². The van der Waals surface area contributed by atoms with Crippen molar-refractivity contribution in [3.63, 3.8) is 0 Å². The number of fused-ring (bicyclic) bond motifs is 1. The highest BCUT2D eigenvalue weighted by atomic mass is 16.5. The normalized spacial score (nSPS) is 10.9. The van der Waals surface area contributed by atoms with Crippen molar-refractivity contribution in [1.29, 1.82) is 0 Å². The first-order chi connectivity index (χ1) is 8.38. The Labute approximate surface area is 99.3 Å². The van der Waals surface area contributed by atoms with Crippen molar-refractivity contribution in [3.8, 4) is 11.3 Å². The Balaban J connectivity index is 2.13. The van der Waals surface area contributed by atoms with Gasteiger partial charge in [0.2, 0.25) is 0 Å². The van der Waals surface area contributed by atoms with Gasteiger partial charge in [-0.1, -0.05) is 17.3 Å². The zero-order valence-electron chi connectivity index (χ0n) is 9.63. The van der Waals surface area contributed by atoms with Crippen molar-refractivity contribution >= 4 is 11.0 Å². The van der Waals surface area contributed by atoms with E-state index in [9.17, 15) is 0 Å². The molecule has 0 spiro atoms. The molecule has 3 aromatic rings. The molecule has 2 aromatic heterocycles. The summed E-state index contributed by atoms with van der Waals surface area (Å²) in [5.74, 6) is 0. The van der Waals surface area contributed by atoms with Gasteiger partial charge >= 0.3 is 0 Å². The van der Waals surface area contributed by atoms with Gasteiger partial charge in [0.05, 0.1) is 0 Å². The second kappa shape index (κ2) is 4.01. The smallest absolute Gasteiger partial charge is 0.169 e. The molecule has 0 fully saturated rings. The lowest BCUT2D eigenvalue weighted by Crippen LogP contribution is -2.30. The Kier molecular flexibility index (Phi) is 2.37. The summed E-state index contributed by atoms with van der Waals surface area (Å²) in [7, 11) is 0. The van der Waals surface area contributed by atoms with E-state index < -0.39 is 0 Å². The lowest BCUT2D eigenvalue weighted by atomic mass is 10.1. The molecule has 0 saturated heterocycles. The molecule has 0 bridgehead atoms. The molecule has 2 heterocycles. The number of aromatic nitrogens is 2. The molecule has 0 aliphatic rings.